The minimum absolute atomic E-state index is 0.0677. The number of ether oxygens (including phenoxy) is 1. The van der Waals surface area contributed by atoms with Crippen LogP contribution in [0.3, 0.4) is 0 Å². The third-order valence-electron chi connectivity index (χ3n) is 5.01. The molecule has 0 fully saturated rings. The minimum Gasteiger partial charge on any atom is -0.462 e. The van der Waals surface area contributed by atoms with E-state index in [4.69, 9.17) is 4.74 Å². The van der Waals surface area contributed by atoms with Gasteiger partial charge in [-0.1, -0.05) is 60.7 Å². The van der Waals surface area contributed by atoms with Gasteiger partial charge in [-0.25, -0.2) is 13.2 Å². The van der Waals surface area contributed by atoms with E-state index in [0.29, 0.717) is 5.56 Å². The predicted octanol–water partition coefficient (Wildman–Crippen LogP) is 5.16. The molecule has 6 nitrogen and oxygen atoms in total. The van der Waals surface area contributed by atoms with Crippen LogP contribution in [-0.4, -0.2) is 32.7 Å². The second-order valence-corrected chi connectivity index (χ2v) is 10.1. The highest BCUT2D eigenvalue weighted by Gasteiger charge is 2.25. The molecule has 1 aromatic heterocycles. The number of sulfone groups is 1. The maximum atomic E-state index is 12.9. The Morgan fingerprint density at radius 2 is 1.64 bits per heavy atom. The molecule has 0 aliphatic carbocycles. The molecule has 4 aromatic rings. The van der Waals surface area contributed by atoms with Crippen molar-refractivity contribution >= 4 is 48.8 Å². The third kappa shape index (κ3) is 4.97. The van der Waals surface area contributed by atoms with Crippen molar-refractivity contribution in [1.29, 1.82) is 0 Å². The molecule has 1 N–H and O–H groups in total. The molecule has 3 aromatic carbocycles. The average molecular weight is 480 g/mol. The molecular weight excluding hydrogens is 458 g/mol. The highest BCUT2D eigenvalue weighted by atomic mass is 32.2. The zero-order valence-corrected chi connectivity index (χ0v) is 19.4. The van der Waals surface area contributed by atoms with Crippen LogP contribution in [0.25, 0.3) is 21.9 Å². The van der Waals surface area contributed by atoms with E-state index in [0.717, 1.165) is 27.7 Å². The summed E-state index contributed by atoms with van der Waals surface area (Å²) in [5.41, 5.74) is 1.62. The molecule has 4 rings (SSSR count). The molecule has 0 saturated carbocycles. The molecule has 0 aliphatic rings. The maximum Gasteiger partial charge on any atom is 0.341 e. The number of benzene rings is 3. The number of carbonyl (C=O) groups excluding carboxylic acids is 2. The summed E-state index contributed by atoms with van der Waals surface area (Å²) in [5, 5.41) is 6.29. The van der Waals surface area contributed by atoms with E-state index in [2.05, 4.69) is 5.32 Å². The van der Waals surface area contributed by atoms with Crippen LogP contribution in [0.1, 0.15) is 17.3 Å². The Morgan fingerprint density at radius 1 is 0.939 bits per heavy atom. The number of fused-ring (bicyclic) bond motifs is 1. The van der Waals surface area contributed by atoms with Crippen molar-refractivity contribution in [3.63, 3.8) is 0 Å². The quantitative estimate of drug-likeness (QED) is 0.370. The van der Waals surface area contributed by atoms with Gasteiger partial charge in [-0.2, -0.15) is 0 Å². The molecule has 0 saturated heterocycles. The topological polar surface area (TPSA) is 89.5 Å². The number of hydrogen-bond acceptors (Lipinski definition) is 6. The molecule has 0 bridgehead atoms. The monoisotopic (exact) mass is 479 g/mol. The van der Waals surface area contributed by atoms with Crippen LogP contribution in [-0.2, 0) is 19.4 Å². The van der Waals surface area contributed by atoms with Gasteiger partial charge in [-0.3, -0.25) is 4.79 Å². The number of rotatable bonds is 7. The number of nitrogens with one attached hydrogen (secondary N) is 1. The molecule has 8 heteroatoms. The molecule has 168 valence electrons. The zero-order valence-electron chi connectivity index (χ0n) is 17.8. The smallest absolute Gasteiger partial charge is 0.341 e. The lowest BCUT2D eigenvalue weighted by Crippen LogP contribution is -2.23. The van der Waals surface area contributed by atoms with Gasteiger partial charge in [0, 0.05) is 10.9 Å². The summed E-state index contributed by atoms with van der Waals surface area (Å²) in [4.78, 5) is 25.4. The highest BCUT2D eigenvalue weighted by Crippen LogP contribution is 2.36. The SMILES string of the molecule is CCOC(=O)c1c(-c2ccccc2)csc1NC(=O)CS(=O)(=O)c1ccc2ccccc2c1. The first-order valence-corrected chi connectivity index (χ1v) is 12.8. The number of esters is 1. The van der Waals surface area contributed by atoms with Gasteiger partial charge >= 0.3 is 5.97 Å². The summed E-state index contributed by atoms with van der Waals surface area (Å²) in [5.74, 6) is -2.05. The summed E-state index contributed by atoms with van der Waals surface area (Å²) in [6.45, 7) is 1.87. The first-order valence-electron chi connectivity index (χ1n) is 10.2. The lowest BCUT2D eigenvalue weighted by molar-refractivity contribution is -0.113. The lowest BCUT2D eigenvalue weighted by Gasteiger charge is -2.10. The second kappa shape index (κ2) is 9.56. The Kier molecular flexibility index (Phi) is 6.57. The zero-order chi connectivity index (χ0) is 23.4. The summed E-state index contributed by atoms with van der Waals surface area (Å²) < 4.78 is 30.9. The molecule has 0 spiro atoms. The molecule has 1 heterocycles. The fourth-order valence-corrected chi connectivity index (χ4v) is 5.60. The van der Waals surface area contributed by atoms with Crippen molar-refractivity contribution < 1.29 is 22.7 Å². The number of hydrogen-bond donors (Lipinski definition) is 1. The summed E-state index contributed by atoms with van der Waals surface area (Å²) in [6.07, 6.45) is 0. The van der Waals surface area contributed by atoms with Crippen molar-refractivity contribution in [1.82, 2.24) is 0 Å². The molecule has 0 aliphatic heterocycles. The third-order valence-corrected chi connectivity index (χ3v) is 7.52. The molecular formula is C25H21NO5S2. The van der Waals surface area contributed by atoms with E-state index in [9.17, 15) is 18.0 Å². The molecule has 0 unspecified atom stereocenters. The van der Waals surface area contributed by atoms with Crippen molar-refractivity contribution in [2.45, 2.75) is 11.8 Å². The normalized spacial score (nSPS) is 11.3. The van der Waals surface area contributed by atoms with Gasteiger partial charge in [0.05, 0.1) is 11.5 Å². The van der Waals surface area contributed by atoms with Gasteiger partial charge in [0.25, 0.3) is 0 Å². The first-order chi connectivity index (χ1) is 15.9. The Labute approximate surface area is 195 Å². The summed E-state index contributed by atoms with van der Waals surface area (Å²) in [7, 11) is -3.88. The van der Waals surface area contributed by atoms with Gasteiger partial charge in [-0.05, 0) is 35.4 Å². The molecule has 33 heavy (non-hydrogen) atoms. The molecule has 0 radical (unpaired) electrons. The highest BCUT2D eigenvalue weighted by molar-refractivity contribution is 7.92. The largest absolute Gasteiger partial charge is 0.462 e. The number of amides is 1. The predicted molar refractivity (Wildman–Crippen MR) is 130 cm³/mol. The Bertz CT molecular complexity index is 1430. The summed E-state index contributed by atoms with van der Waals surface area (Å²) in [6, 6.07) is 21.4. The van der Waals surface area contributed by atoms with Crippen LogP contribution in [0, 0.1) is 0 Å². The van der Waals surface area contributed by atoms with E-state index in [1.54, 1.807) is 24.4 Å². The fourth-order valence-electron chi connectivity index (χ4n) is 3.47. The Morgan fingerprint density at radius 3 is 2.36 bits per heavy atom. The van der Waals surface area contributed by atoms with E-state index in [1.165, 1.54) is 6.07 Å². The van der Waals surface area contributed by atoms with Crippen LogP contribution in [0.15, 0.2) is 83.1 Å². The Balaban J connectivity index is 1.60. The van der Waals surface area contributed by atoms with Gasteiger partial charge in [0.15, 0.2) is 9.84 Å². The van der Waals surface area contributed by atoms with Gasteiger partial charge < -0.3 is 10.1 Å². The van der Waals surface area contributed by atoms with Crippen LogP contribution in [0.5, 0.6) is 0 Å². The van der Waals surface area contributed by atoms with Crippen molar-refractivity contribution in [2.24, 2.45) is 0 Å². The number of anilines is 1. The van der Waals surface area contributed by atoms with E-state index in [-0.39, 0.29) is 22.1 Å². The van der Waals surface area contributed by atoms with Crippen LogP contribution in [0.4, 0.5) is 5.00 Å². The van der Waals surface area contributed by atoms with E-state index >= 15 is 0 Å². The Hall–Kier alpha value is -3.49. The number of thiophene rings is 1. The van der Waals surface area contributed by atoms with E-state index < -0.39 is 27.5 Å². The van der Waals surface area contributed by atoms with Crippen molar-refractivity contribution in [3.8, 4) is 11.1 Å². The van der Waals surface area contributed by atoms with Gasteiger partial charge in [-0.15, -0.1) is 11.3 Å². The molecule has 0 atom stereocenters. The van der Waals surface area contributed by atoms with Crippen LogP contribution >= 0.6 is 11.3 Å². The second-order valence-electron chi connectivity index (χ2n) is 7.26. The van der Waals surface area contributed by atoms with Crippen molar-refractivity contribution in [3.05, 3.63) is 83.7 Å². The fraction of sp³-hybridized carbons (Fsp3) is 0.120. The maximum absolute atomic E-state index is 12.9. The van der Waals surface area contributed by atoms with Gasteiger partial charge in [0.2, 0.25) is 5.91 Å². The minimum atomic E-state index is -3.88. The lowest BCUT2D eigenvalue weighted by atomic mass is 10.0. The van der Waals surface area contributed by atoms with Crippen LogP contribution < -0.4 is 5.32 Å². The standard InChI is InChI=1S/C25H21NO5S2/c1-2-31-25(28)23-21(18-9-4-3-5-10-18)15-32-24(23)26-22(27)16-33(29,30)20-13-12-17-8-6-7-11-19(17)14-20/h3-15H,2,16H2,1H3,(H,26,27). The van der Waals surface area contributed by atoms with Crippen LogP contribution in [0.2, 0.25) is 0 Å². The average Bonchev–Trinajstić information content (AvgIpc) is 3.22. The van der Waals surface area contributed by atoms with E-state index in [1.807, 2.05) is 54.6 Å². The van der Waals surface area contributed by atoms with Gasteiger partial charge in [0.1, 0.15) is 16.3 Å². The summed E-state index contributed by atoms with van der Waals surface area (Å²) >= 11 is 1.15. The molecule has 1 amide bonds. The van der Waals surface area contributed by atoms with Crippen molar-refractivity contribution in [2.75, 3.05) is 17.7 Å². The first kappa shape index (κ1) is 22.7. The number of carbonyl (C=O) groups is 2.